The van der Waals surface area contributed by atoms with Gasteiger partial charge < -0.3 is 0 Å². The molecule has 0 aliphatic heterocycles. The minimum Gasteiger partial charge on any atom is -0.0772 e. The van der Waals surface area contributed by atoms with Crippen molar-refractivity contribution in [3.63, 3.8) is 0 Å². The Morgan fingerprint density at radius 2 is 1.78 bits per heavy atom. The molecule has 99 valence electrons. The molecule has 0 aromatic carbocycles. The van der Waals surface area contributed by atoms with Gasteiger partial charge in [-0.2, -0.15) is 0 Å². The number of rotatable bonds is 4. The summed E-state index contributed by atoms with van der Waals surface area (Å²) in [5.74, 6) is 1.50. The third-order valence-corrected chi connectivity index (χ3v) is 4.05. The van der Waals surface area contributed by atoms with Crippen LogP contribution in [0.1, 0.15) is 47.0 Å². The normalized spacial score (nSPS) is 19.4. The third kappa shape index (κ3) is 2.58. The van der Waals surface area contributed by atoms with Crippen LogP contribution in [0.4, 0.5) is 0 Å². The van der Waals surface area contributed by atoms with Crippen LogP contribution in [0.3, 0.4) is 0 Å². The Kier molecular flexibility index (Phi) is 5.25. The monoisotopic (exact) mass is 283 g/mol. The zero-order chi connectivity index (χ0) is 12.5. The van der Waals surface area contributed by atoms with E-state index >= 15 is 0 Å². The Bertz CT molecular complexity index is 419. The van der Waals surface area contributed by atoms with Gasteiger partial charge in [0.2, 0.25) is 0 Å². The van der Waals surface area contributed by atoms with Gasteiger partial charge in [0.25, 0.3) is 0 Å². The van der Waals surface area contributed by atoms with Crippen LogP contribution in [0.15, 0.2) is 47.1 Å². The average molecular weight is 283 g/mol. The molecule has 18 heavy (non-hydrogen) atoms. The summed E-state index contributed by atoms with van der Waals surface area (Å²) < 4.78 is 0. The maximum absolute atomic E-state index is 2.41. The Morgan fingerprint density at radius 3 is 2.39 bits per heavy atom. The van der Waals surface area contributed by atoms with Gasteiger partial charge in [0.1, 0.15) is 0 Å². The molecule has 0 saturated carbocycles. The van der Waals surface area contributed by atoms with Crippen molar-refractivity contribution in [1.82, 2.24) is 0 Å². The van der Waals surface area contributed by atoms with E-state index < -0.39 is 0 Å². The van der Waals surface area contributed by atoms with Crippen molar-refractivity contribution in [3.8, 4) is 0 Å². The molecule has 0 unspecified atom stereocenters. The molecule has 0 heterocycles. The first kappa shape index (κ1) is 15.5. The van der Waals surface area contributed by atoms with Crippen molar-refractivity contribution in [2.45, 2.75) is 47.0 Å². The molecule has 0 amide bonds. The van der Waals surface area contributed by atoms with Gasteiger partial charge in [-0.1, -0.05) is 58.1 Å². The molecule has 2 aliphatic carbocycles. The van der Waals surface area contributed by atoms with E-state index in [-0.39, 0.29) is 22.5 Å². The molecule has 0 spiro atoms. The molecule has 2 aliphatic rings. The van der Waals surface area contributed by atoms with E-state index in [2.05, 4.69) is 58.1 Å². The van der Waals surface area contributed by atoms with Crippen LogP contribution in [-0.2, 0) is 17.1 Å². The maximum atomic E-state index is 2.41. The summed E-state index contributed by atoms with van der Waals surface area (Å²) in [7, 11) is 0. The fraction of sp³-hybridized carbons (Fsp3) is 0.471. The molecule has 0 fully saturated rings. The molecule has 0 bridgehead atoms. The Morgan fingerprint density at radius 1 is 1.06 bits per heavy atom. The van der Waals surface area contributed by atoms with Gasteiger partial charge in [-0.3, -0.25) is 0 Å². The topological polar surface area (TPSA) is 0 Å². The minimum absolute atomic E-state index is 0. The second-order valence-corrected chi connectivity index (χ2v) is 5.38. The quantitative estimate of drug-likeness (QED) is 0.625. The van der Waals surface area contributed by atoms with Crippen molar-refractivity contribution in [1.29, 1.82) is 0 Å². The number of hydrogen-bond donors (Lipinski definition) is 0. The SMILES string of the molecule is CC[C]1C=CC=C1C(C)(C)C1=CCC=C1CC.[Fe]. The Balaban J connectivity index is 0.00000162. The summed E-state index contributed by atoms with van der Waals surface area (Å²) in [6.07, 6.45) is 14.9. The van der Waals surface area contributed by atoms with Gasteiger partial charge >= 0.3 is 0 Å². The summed E-state index contributed by atoms with van der Waals surface area (Å²) in [6.45, 7) is 9.23. The van der Waals surface area contributed by atoms with Gasteiger partial charge in [0.05, 0.1) is 0 Å². The van der Waals surface area contributed by atoms with Gasteiger partial charge in [0, 0.05) is 28.4 Å². The molecule has 0 atom stereocenters. The fourth-order valence-electron chi connectivity index (χ4n) is 3.07. The molecule has 1 heteroatoms. The number of hydrogen-bond acceptors (Lipinski definition) is 0. The summed E-state index contributed by atoms with van der Waals surface area (Å²) in [6, 6.07) is 0. The van der Waals surface area contributed by atoms with E-state index in [1.54, 1.807) is 11.1 Å². The summed E-state index contributed by atoms with van der Waals surface area (Å²) >= 11 is 0. The summed E-state index contributed by atoms with van der Waals surface area (Å²) in [5, 5.41) is 0. The first-order valence-corrected chi connectivity index (χ1v) is 6.76. The average Bonchev–Trinajstić information content (AvgIpc) is 2.97. The molecular weight excluding hydrogens is 260 g/mol. The molecule has 0 N–H and O–H groups in total. The molecule has 1 radical (unpaired) electrons. The van der Waals surface area contributed by atoms with Crippen LogP contribution in [0.25, 0.3) is 0 Å². The summed E-state index contributed by atoms with van der Waals surface area (Å²) in [5.41, 5.74) is 4.75. The van der Waals surface area contributed by atoms with Gasteiger partial charge in [0.15, 0.2) is 0 Å². The van der Waals surface area contributed by atoms with Crippen molar-refractivity contribution in [2.24, 2.45) is 5.41 Å². The first-order chi connectivity index (χ1) is 8.11. The first-order valence-electron chi connectivity index (χ1n) is 6.76. The van der Waals surface area contributed by atoms with Crippen molar-refractivity contribution >= 4 is 0 Å². The zero-order valence-corrected chi connectivity index (χ0v) is 13.0. The number of allylic oxidation sites excluding steroid dienone is 8. The third-order valence-electron chi connectivity index (χ3n) is 4.05. The van der Waals surface area contributed by atoms with E-state index in [0.717, 1.165) is 19.3 Å². The Hall–Kier alpha value is -0.521. The molecular formula is C17H23Fe. The van der Waals surface area contributed by atoms with E-state index in [0.29, 0.717) is 0 Å². The van der Waals surface area contributed by atoms with Crippen molar-refractivity contribution < 1.29 is 17.1 Å². The van der Waals surface area contributed by atoms with Gasteiger partial charge in [-0.15, -0.1) is 0 Å². The largest absolute Gasteiger partial charge is 0.0772 e. The zero-order valence-electron chi connectivity index (χ0n) is 11.9. The second kappa shape index (κ2) is 6.08. The predicted octanol–water partition coefficient (Wildman–Crippen LogP) is 5.16. The Labute approximate surface area is 122 Å². The van der Waals surface area contributed by atoms with E-state index in [9.17, 15) is 0 Å². The predicted molar refractivity (Wildman–Crippen MR) is 75.6 cm³/mol. The van der Waals surface area contributed by atoms with Crippen LogP contribution in [0, 0.1) is 11.3 Å². The standard InChI is InChI=1S/C17H23.Fe/c1-5-13-9-7-11-15(13)17(3,4)16-12-8-10-14(16)6-2;/h7,9-12H,5-6,8H2,1-4H3;. The van der Waals surface area contributed by atoms with E-state index in [4.69, 9.17) is 0 Å². The second-order valence-electron chi connectivity index (χ2n) is 5.38. The van der Waals surface area contributed by atoms with Crippen LogP contribution < -0.4 is 0 Å². The van der Waals surface area contributed by atoms with Crippen molar-refractivity contribution in [2.75, 3.05) is 0 Å². The fourth-order valence-corrected chi connectivity index (χ4v) is 3.07. The van der Waals surface area contributed by atoms with Gasteiger partial charge in [-0.05, 0) is 36.0 Å². The molecule has 2 rings (SSSR count). The molecule has 0 saturated heterocycles. The van der Waals surface area contributed by atoms with Crippen molar-refractivity contribution in [3.05, 3.63) is 53.0 Å². The van der Waals surface area contributed by atoms with Crippen LogP contribution in [0.2, 0.25) is 0 Å². The maximum Gasteiger partial charge on any atom is 0.0232 e. The van der Waals surface area contributed by atoms with E-state index in [1.165, 1.54) is 11.5 Å². The van der Waals surface area contributed by atoms with E-state index in [1.807, 2.05) is 0 Å². The molecule has 0 nitrogen and oxygen atoms in total. The molecule has 0 aromatic heterocycles. The van der Waals surface area contributed by atoms with Crippen LogP contribution >= 0.6 is 0 Å². The summed E-state index contributed by atoms with van der Waals surface area (Å²) in [4.78, 5) is 0. The molecule has 0 aromatic rings. The minimum atomic E-state index is 0. The van der Waals surface area contributed by atoms with Gasteiger partial charge in [-0.25, -0.2) is 0 Å². The van der Waals surface area contributed by atoms with Crippen LogP contribution in [0.5, 0.6) is 0 Å². The van der Waals surface area contributed by atoms with Crippen LogP contribution in [-0.4, -0.2) is 0 Å². The smallest absolute Gasteiger partial charge is 0.0232 e.